The summed E-state index contributed by atoms with van der Waals surface area (Å²) in [5.41, 5.74) is 1.03. The molecule has 0 saturated heterocycles. The number of ether oxygens (including phenoxy) is 1. The van der Waals surface area contributed by atoms with Gasteiger partial charge in [0, 0.05) is 13.1 Å². The van der Waals surface area contributed by atoms with E-state index in [-0.39, 0.29) is 12.3 Å². The van der Waals surface area contributed by atoms with Gasteiger partial charge in [-0.05, 0) is 45.7 Å². The van der Waals surface area contributed by atoms with Crippen LogP contribution in [0.3, 0.4) is 0 Å². The van der Waals surface area contributed by atoms with E-state index < -0.39 is 33.7 Å². The minimum Gasteiger partial charge on any atom is -0.444 e. The third-order valence-electron chi connectivity index (χ3n) is 3.97. The van der Waals surface area contributed by atoms with Crippen LogP contribution in [0.1, 0.15) is 33.3 Å². The summed E-state index contributed by atoms with van der Waals surface area (Å²) in [5.74, 6) is -0.690. The van der Waals surface area contributed by atoms with Gasteiger partial charge in [-0.1, -0.05) is 18.2 Å². The van der Waals surface area contributed by atoms with E-state index in [1.165, 1.54) is 11.2 Å². The third kappa shape index (κ3) is 5.85. The number of nitrogens with zero attached hydrogens (tertiary/aromatic N) is 1. The number of amides is 2. The van der Waals surface area contributed by atoms with Gasteiger partial charge in [-0.25, -0.2) is 13.2 Å². The van der Waals surface area contributed by atoms with Crippen LogP contribution in [0, 0.1) is 0 Å². The van der Waals surface area contributed by atoms with Gasteiger partial charge in [-0.2, -0.15) is 0 Å². The first kappa shape index (κ1) is 21.0. The number of nitrogens with one attached hydrogen (secondary N) is 2. The minimum atomic E-state index is -3.54. The molecule has 0 bridgehead atoms. The summed E-state index contributed by atoms with van der Waals surface area (Å²) in [6.07, 6.45) is -0.0232. The molecular weight excluding hydrogens is 370 g/mol. The van der Waals surface area contributed by atoms with E-state index in [4.69, 9.17) is 4.74 Å². The molecule has 1 aromatic carbocycles. The van der Waals surface area contributed by atoms with Gasteiger partial charge in [0.05, 0.1) is 11.4 Å². The predicted molar refractivity (Wildman–Crippen MR) is 103 cm³/mol. The molecule has 2 N–H and O–H groups in total. The number of benzene rings is 1. The lowest BCUT2D eigenvalue weighted by atomic mass is 10.2. The van der Waals surface area contributed by atoms with Gasteiger partial charge in [0.1, 0.15) is 11.6 Å². The average Bonchev–Trinajstić information content (AvgIpc) is 2.97. The van der Waals surface area contributed by atoms with Gasteiger partial charge in [0.25, 0.3) is 0 Å². The normalized spacial score (nSPS) is 15.0. The van der Waals surface area contributed by atoms with Crippen molar-refractivity contribution >= 4 is 27.7 Å². The second-order valence-corrected chi connectivity index (χ2v) is 9.44. The monoisotopic (exact) mass is 397 g/mol. The van der Waals surface area contributed by atoms with Crippen LogP contribution in [0.25, 0.3) is 0 Å². The van der Waals surface area contributed by atoms with E-state index in [1.54, 1.807) is 32.9 Å². The van der Waals surface area contributed by atoms with Crippen molar-refractivity contribution in [1.82, 2.24) is 10.6 Å². The van der Waals surface area contributed by atoms with E-state index in [0.29, 0.717) is 18.7 Å². The van der Waals surface area contributed by atoms with Crippen molar-refractivity contribution < 1.29 is 22.7 Å². The van der Waals surface area contributed by atoms with Crippen molar-refractivity contribution in [2.45, 2.75) is 45.8 Å². The topological polar surface area (TPSA) is 105 Å². The summed E-state index contributed by atoms with van der Waals surface area (Å²) >= 11 is 0. The number of carbonyl (C=O) groups excluding carboxylic acids is 2. The minimum absolute atomic E-state index is 0.0415. The summed E-state index contributed by atoms with van der Waals surface area (Å²) in [6.45, 7) is 7.03. The molecule has 150 valence electrons. The SMILES string of the molecule is CC(NC(=O)OC(C)(C)C)C(=O)NCCS(=O)(=O)N1CCc2ccccc21. The maximum atomic E-state index is 12.6. The molecule has 0 fully saturated rings. The zero-order valence-electron chi connectivity index (χ0n) is 16.1. The van der Waals surface area contributed by atoms with Crippen LogP contribution in [-0.4, -0.2) is 50.9 Å². The molecule has 2 rings (SSSR count). The van der Waals surface area contributed by atoms with Crippen LogP contribution >= 0.6 is 0 Å². The molecule has 1 atom stereocenters. The Labute approximate surface area is 160 Å². The molecule has 1 heterocycles. The number of alkyl carbamates (subject to hydrolysis) is 1. The van der Waals surface area contributed by atoms with Crippen LogP contribution in [0.15, 0.2) is 24.3 Å². The molecule has 0 spiro atoms. The lowest BCUT2D eigenvalue weighted by Gasteiger charge is -2.22. The Hall–Kier alpha value is -2.29. The highest BCUT2D eigenvalue weighted by Crippen LogP contribution is 2.29. The molecule has 1 aliphatic rings. The van der Waals surface area contributed by atoms with Crippen LogP contribution in [0.4, 0.5) is 10.5 Å². The van der Waals surface area contributed by atoms with Crippen LogP contribution < -0.4 is 14.9 Å². The molecule has 0 aliphatic carbocycles. The lowest BCUT2D eigenvalue weighted by Crippen LogP contribution is -2.47. The largest absolute Gasteiger partial charge is 0.444 e. The van der Waals surface area contributed by atoms with E-state index >= 15 is 0 Å². The van der Waals surface area contributed by atoms with Crippen molar-refractivity contribution in [3.63, 3.8) is 0 Å². The van der Waals surface area contributed by atoms with Crippen molar-refractivity contribution in [2.24, 2.45) is 0 Å². The van der Waals surface area contributed by atoms with Crippen LogP contribution in [0.2, 0.25) is 0 Å². The van der Waals surface area contributed by atoms with Crippen molar-refractivity contribution in [3.8, 4) is 0 Å². The van der Waals surface area contributed by atoms with Gasteiger partial charge in [-0.15, -0.1) is 0 Å². The summed E-state index contributed by atoms with van der Waals surface area (Å²) in [7, 11) is -3.54. The number of anilines is 1. The second kappa shape index (κ2) is 8.16. The number of para-hydroxylation sites is 1. The summed E-state index contributed by atoms with van der Waals surface area (Å²) in [6, 6.07) is 6.55. The fourth-order valence-electron chi connectivity index (χ4n) is 2.71. The fourth-order valence-corrected chi connectivity index (χ4v) is 4.14. The lowest BCUT2D eigenvalue weighted by molar-refractivity contribution is -0.122. The summed E-state index contributed by atoms with van der Waals surface area (Å²) in [4.78, 5) is 23.7. The third-order valence-corrected chi connectivity index (χ3v) is 5.74. The summed E-state index contributed by atoms with van der Waals surface area (Å²) in [5, 5.41) is 4.96. The molecule has 8 nitrogen and oxygen atoms in total. The van der Waals surface area contributed by atoms with Crippen LogP contribution in [0.5, 0.6) is 0 Å². The predicted octanol–water partition coefficient (Wildman–Crippen LogP) is 1.41. The maximum absolute atomic E-state index is 12.6. The molecule has 27 heavy (non-hydrogen) atoms. The molecule has 1 aromatic rings. The van der Waals surface area contributed by atoms with Gasteiger partial charge >= 0.3 is 6.09 Å². The molecule has 2 amide bonds. The molecule has 0 saturated carbocycles. The highest BCUT2D eigenvalue weighted by molar-refractivity contribution is 7.92. The zero-order valence-corrected chi connectivity index (χ0v) is 16.9. The Morgan fingerprint density at radius 1 is 1.26 bits per heavy atom. The van der Waals surface area contributed by atoms with Crippen molar-refractivity contribution in [3.05, 3.63) is 29.8 Å². The Morgan fingerprint density at radius 3 is 2.59 bits per heavy atom. The quantitative estimate of drug-likeness (QED) is 0.755. The highest BCUT2D eigenvalue weighted by atomic mass is 32.2. The second-order valence-electron chi connectivity index (χ2n) is 7.43. The first-order valence-electron chi connectivity index (χ1n) is 8.85. The summed E-state index contributed by atoms with van der Waals surface area (Å²) < 4.78 is 31.6. The van der Waals surface area contributed by atoms with Gasteiger partial charge in [-0.3, -0.25) is 9.10 Å². The first-order valence-corrected chi connectivity index (χ1v) is 10.5. The molecule has 0 radical (unpaired) electrons. The Bertz CT molecular complexity index is 801. The molecule has 9 heteroatoms. The van der Waals surface area contributed by atoms with Gasteiger partial charge in [0.15, 0.2) is 0 Å². The van der Waals surface area contributed by atoms with Crippen LogP contribution in [-0.2, 0) is 26.0 Å². The fraction of sp³-hybridized carbons (Fsp3) is 0.556. The molecule has 1 aliphatic heterocycles. The molecule has 0 aromatic heterocycles. The van der Waals surface area contributed by atoms with E-state index in [0.717, 1.165) is 5.56 Å². The number of hydrogen-bond donors (Lipinski definition) is 2. The highest BCUT2D eigenvalue weighted by Gasteiger charge is 2.29. The number of sulfonamides is 1. The zero-order chi connectivity index (χ0) is 20.2. The molecule has 1 unspecified atom stereocenters. The average molecular weight is 397 g/mol. The van der Waals surface area contributed by atoms with E-state index in [9.17, 15) is 18.0 Å². The van der Waals surface area contributed by atoms with Crippen molar-refractivity contribution in [1.29, 1.82) is 0 Å². The number of rotatable bonds is 6. The van der Waals surface area contributed by atoms with Gasteiger partial charge in [0.2, 0.25) is 15.9 Å². The van der Waals surface area contributed by atoms with E-state index in [2.05, 4.69) is 10.6 Å². The standard InChI is InChI=1S/C18H27N3O5S/c1-13(20-17(23)26-18(2,3)4)16(22)19-10-12-27(24,25)21-11-9-14-7-5-6-8-15(14)21/h5-8,13H,9-12H2,1-4H3,(H,19,22)(H,20,23). The smallest absolute Gasteiger partial charge is 0.408 e. The first-order chi connectivity index (χ1) is 12.5. The number of hydrogen-bond acceptors (Lipinski definition) is 5. The van der Waals surface area contributed by atoms with Gasteiger partial charge < -0.3 is 15.4 Å². The Balaban J connectivity index is 1.83. The maximum Gasteiger partial charge on any atom is 0.408 e. The van der Waals surface area contributed by atoms with Crippen molar-refractivity contribution in [2.75, 3.05) is 23.1 Å². The Morgan fingerprint density at radius 2 is 1.93 bits per heavy atom. The molecular formula is C18H27N3O5S. The Kier molecular flexibility index (Phi) is 6.35. The van der Waals surface area contributed by atoms with E-state index in [1.807, 2.05) is 12.1 Å². The number of fused-ring (bicyclic) bond motifs is 1. The number of carbonyl (C=O) groups is 2.